The second kappa shape index (κ2) is 6.76. The summed E-state index contributed by atoms with van der Waals surface area (Å²) in [6.07, 6.45) is -1.53. The Labute approximate surface area is 106 Å². The molecule has 0 fully saturated rings. The van der Waals surface area contributed by atoms with Crippen LogP contribution in [-0.4, -0.2) is 36.1 Å². The van der Waals surface area contributed by atoms with Gasteiger partial charge in [0.05, 0.1) is 0 Å². The van der Waals surface area contributed by atoms with Crippen LogP contribution in [0.15, 0.2) is 0 Å². The van der Waals surface area contributed by atoms with E-state index in [1.807, 2.05) is 0 Å². The van der Waals surface area contributed by atoms with E-state index in [0.717, 1.165) is 6.92 Å². The quantitative estimate of drug-likeness (QED) is 0.382. The van der Waals surface area contributed by atoms with E-state index in [1.165, 1.54) is 6.92 Å². The summed E-state index contributed by atoms with van der Waals surface area (Å²) in [5.41, 5.74) is -1.67. The zero-order valence-electron chi connectivity index (χ0n) is 9.30. The molecule has 2 N–H and O–H groups in total. The van der Waals surface area contributed by atoms with Crippen LogP contribution >= 0.6 is 0 Å². The predicted molar refractivity (Wildman–Crippen MR) is 44.5 cm³/mol. The Balaban J connectivity index is -0.000000720. The fraction of sp³-hybridized carbons (Fsp3) is 0.833. The number of hydrogen-bond donors (Lipinski definition) is 2. The standard InChI is InChI=1S/C6H12O6S.Na.H/c1-3-5(7)13(10,11)12-4(2)6(8)9;;/h4-5,7H,3H2,1-2H3,(H,8,9);;/q;+1;-1. The molecule has 0 rings (SSSR count). The van der Waals surface area contributed by atoms with E-state index < -0.39 is 27.6 Å². The summed E-state index contributed by atoms with van der Waals surface area (Å²) in [6.45, 7) is 2.51. The first-order chi connectivity index (χ1) is 5.81. The van der Waals surface area contributed by atoms with Gasteiger partial charge in [-0.2, -0.15) is 8.42 Å². The maximum absolute atomic E-state index is 10.9. The van der Waals surface area contributed by atoms with Crippen LogP contribution in [0.5, 0.6) is 0 Å². The second-order valence-corrected chi connectivity index (χ2v) is 4.15. The molecule has 0 aliphatic heterocycles. The molecule has 0 radical (unpaired) electrons. The van der Waals surface area contributed by atoms with Crippen molar-refractivity contribution in [3.05, 3.63) is 0 Å². The summed E-state index contributed by atoms with van der Waals surface area (Å²) in [6, 6.07) is 0. The SMILES string of the molecule is CCC(O)S(=O)(=O)OC(C)C(=O)O.[H-].[Na+]. The summed E-state index contributed by atoms with van der Waals surface area (Å²) in [7, 11) is -4.18. The summed E-state index contributed by atoms with van der Waals surface area (Å²) in [4.78, 5) is 10.2. The average molecular weight is 236 g/mol. The molecule has 0 spiro atoms. The fourth-order valence-corrected chi connectivity index (χ4v) is 1.53. The van der Waals surface area contributed by atoms with Gasteiger partial charge in [0, 0.05) is 0 Å². The van der Waals surface area contributed by atoms with Gasteiger partial charge >= 0.3 is 35.5 Å². The Morgan fingerprint density at radius 1 is 1.57 bits per heavy atom. The summed E-state index contributed by atoms with van der Waals surface area (Å²) >= 11 is 0. The Hall–Kier alpha value is 0.340. The molecule has 0 bridgehead atoms. The molecule has 0 saturated heterocycles. The van der Waals surface area contributed by atoms with Gasteiger partial charge in [-0.15, -0.1) is 0 Å². The molecular formula is C6H13NaO6S. The number of aliphatic hydroxyl groups excluding tert-OH is 1. The number of carbonyl (C=O) groups is 1. The maximum Gasteiger partial charge on any atom is 1.00 e. The van der Waals surface area contributed by atoms with Gasteiger partial charge in [-0.3, -0.25) is 4.18 Å². The van der Waals surface area contributed by atoms with Gasteiger partial charge in [-0.25, -0.2) is 4.79 Å². The zero-order chi connectivity index (χ0) is 10.6. The number of carboxylic acids is 1. The normalized spacial score (nSPS) is 15.4. The minimum Gasteiger partial charge on any atom is -1.00 e. The van der Waals surface area contributed by atoms with E-state index >= 15 is 0 Å². The van der Waals surface area contributed by atoms with Gasteiger partial charge in [0.1, 0.15) is 0 Å². The van der Waals surface area contributed by atoms with E-state index in [4.69, 9.17) is 10.2 Å². The predicted octanol–water partition coefficient (Wildman–Crippen LogP) is -3.35. The molecular weight excluding hydrogens is 223 g/mol. The zero-order valence-corrected chi connectivity index (χ0v) is 11.1. The van der Waals surface area contributed by atoms with Crippen molar-refractivity contribution >= 4 is 16.1 Å². The first-order valence-electron chi connectivity index (χ1n) is 3.64. The first-order valence-corrected chi connectivity index (χ1v) is 5.11. The number of carboxylic acid groups (broad SMARTS) is 1. The maximum atomic E-state index is 10.9. The molecule has 0 heterocycles. The Kier molecular flexibility index (Phi) is 8.09. The minimum atomic E-state index is -4.18. The van der Waals surface area contributed by atoms with E-state index in [9.17, 15) is 13.2 Å². The molecule has 2 unspecified atom stereocenters. The molecule has 80 valence electrons. The van der Waals surface area contributed by atoms with Gasteiger partial charge in [-0.05, 0) is 13.3 Å². The molecule has 6 nitrogen and oxygen atoms in total. The number of aliphatic hydroxyl groups is 1. The molecule has 0 aliphatic carbocycles. The molecule has 0 amide bonds. The van der Waals surface area contributed by atoms with Crippen molar-refractivity contribution in [2.75, 3.05) is 0 Å². The van der Waals surface area contributed by atoms with E-state index in [2.05, 4.69) is 4.18 Å². The summed E-state index contributed by atoms with van der Waals surface area (Å²) in [5, 5.41) is 17.2. The number of hydrogen-bond acceptors (Lipinski definition) is 5. The van der Waals surface area contributed by atoms with Crippen LogP contribution in [0.2, 0.25) is 0 Å². The van der Waals surface area contributed by atoms with Crippen molar-refractivity contribution in [3.63, 3.8) is 0 Å². The summed E-state index contributed by atoms with van der Waals surface area (Å²) in [5.74, 6) is -1.40. The Morgan fingerprint density at radius 3 is 2.29 bits per heavy atom. The van der Waals surface area contributed by atoms with Gasteiger partial charge < -0.3 is 11.6 Å². The van der Waals surface area contributed by atoms with Gasteiger partial charge in [0.15, 0.2) is 11.5 Å². The smallest absolute Gasteiger partial charge is 1.00 e. The van der Waals surface area contributed by atoms with Crippen molar-refractivity contribution in [1.29, 1.82) is 0 Å². The van der Waals surface area contributed by atoms with E-state index in [0.29, 0.717) is 0 Å². The third-order valence-corrected chi connectivity index (χ3v) is 2.87. The average Bonchev–Trinajstić information content (AvgIpc) is 2.01. The van der Waals surface area contributed by atoms with Crippen molar-refractivity contribution in [1.82, 2.24) is 0 Å². The van der Waals surface area contributed by atoms with Crippen LogP contribution in [0.25, 0.3) is 0 Å². The van der Waals surface area contributed by atoms with Crippen LogP contribution in [0, 0.1) is 0 Å². The topological polar surface area (TPSA) is 101 Å². The van der Waals surface area contributed by atoms with Crippen molar-refractivity contribution < 1.29 is 58.6 Å². The van der Waals surface area contributed by atoms with Crippen molar-refractivity contribution in [2.45, 2.75) is 31.8 Å². The molecule has 8 heteroatoms. The third kappa shape index (κ3) is 5.28. The largest absolute Gasteiger partial charge is 1.00 e. The van der Waals surface area contributed by atoms with Crippen LogP contribution in [0.3, 0.4) is 0 Å². The third-order valence-electron chi connectivity index (χ3n) is 1.31. The summed E-state index contributed by atoms with van der Waals surface area (Å²) < 4.78 is 26.1. The van der Waals surface area contributed by atoms with E-state index in [1.54, 1.807) is 0 Å². The van der Waals surface area contributed by atoms with Gasteiger partial charge in [0.25, 0.3) is 10.1 Å². The van der Waals surface area contributed by atoms with Crippen molar-refractivity contribution in [2.24, 2.45) is 0 Å². The molecule has 0 aromatic rings. The molecule has 0 aliphatic rings. The Morgan fingerprint density at radius 2 is 2.00 bits per heavy atom. The van der Waals surface area contributed by atoms with Crippen LogP contribution in [0.1, 0.15) is 21.7 Å². The first kappa shape index (κ1) is 16.8. The van der Waals surface area contributed by atoms with Gasteiger partial charge in [0.2, 0.25) is 0 Å². The minimum absolute atomic E-state index is 0. The monoisotopic (exact) mass is 236 g/mol. The van der Waals surface area contributed by atoms with Crippen LogP contribution in [-0.2, 0) is 19.1 Å². The molecule has 0 aromatic carbocycles. The molecule has 0 saturated carbocycles. The Bertz CT molecular complexity index is 279. The molecule has 0 aromatic heterocycles. The van der Waals surface area contributed by atoms with Crippen LogP contribution in [0.4, 0.5) is 0 Å². The van der Waals surface area contributed by atoms with Gasteiger partial charge in [-0.1, -0.05) is 6.92 Å². The van der Waals surface area contributed by atoms with Crippen LogP contribution < -0.4 is 29.6 Å². The fourth-order valence-electron chi connectivity index (χ4n) is 0.511. The number of aliphatic carboxylic acids is 1. The van der Waals surface area contributed by atoms with E-state index in [-0.39, 0.29) is 37.4 Å². The molecule has 2 atom stereocenters. The second-order valence-electron chi connectivity index (χ2n) is 2.43. The number of rotatable bonds is 5. The van der Waals surface area contributed by atoms with Crippen molar-refractivity contribution in [3.8, 4) is 0 Å². The molecule has 14 heavy (non-hydrogen) atoms.